The number of carbonyl (C=O) groups is 2. The van der Waals surface area contributed by atoms with Crippen LogP contribution in [-0.2, 0) is 4.79 Å². The molecule has 0 saturated carbocycles. The number of aryl methyl sites for hydroxylation is 1. The van der Waals surface area contributed by atoms with Crippen molar-refractivity contribution in [1.82, 2.24) is 10.6 Å². The molecule has 2 N–H and O–H groups in total. The summed E-state index contributed by atoms with van der Waals surface area (Å²) in [5.41, 5.74) is 1.52. The summed E-state index contributed by atoms with van der Waals surface area (Å²) in [6.07, 6.45) is 0.00519. The topological polar surface area (TPSA) is 76.7 Å². The Morgan fingerprint density at radius 3 is 2.34 bits per heavy atom. The van der Waals surface area contributed by atoms with Crippen LogP contribution in [0.15, 0.2) is 30.3 Å². The zero-order chi connectivity index (χ0) is 21.6. The summed E-state index contributed by atoms with van der Waals surface area (Å²) < 4.78 is 37.1. The SMILES string of the molecule is COc1cc(C)c(C(C)NC(=O)CCNC(=O)c2ccc(F)cc2F)cc1OC. The number of benzene rings is 2. The highest BCUT2D eigenvalue weighted by atomic mass is 19.1. The van der Waals surface area contributed by atoms with Crippen LogP contribution in [0.1, 0.15) is 40.9 Å². The number of amides is 2. The molecule has 0 radical (unpaired) electrons. The van der Waals surface area contributed by atoms with E-state index in [-0.39, 0.29) is 30.5 Å². The van der Waals surface area contributed by atoms with Gasteiger partial charge in [-0.3, -0.25) is 9.59 Å². The summed E-state index contributed by atoms with van der Waals surface area (Å²) in [5.74, 6) is -1.56. The minimum absolute atomic E-state index is 0.00519. The minimum atomic E-state index is -0.954. The van der Waals surface area contributed by atoms with E-state index in [0.717, 1.165) is 23.3 Å². The normalized spacial score (nSPS) is 11.5. The Bertz CT molecular complexity index is 902. The van der Waals surface area contributed by atoms with Gasteiger partial charge in [-0.05, 0) is 49.2 Å². The zero-order valence-corrected chi connectivity index (χ0v) is 16.8. The maximum absolute atomic E-state index is 13.6. The third kappa shape index (κ3) is 5.66. The second kappa shape index (κ2) is 9.86. The minimum Gasteiger partial charge on any atom is -0.493 e. The molecule has 0 aliphatic heterocycles. The Balaban J connectivity index is 1.91. The first-order valence-electron chi connectivity index (χ1n) is 9.02. The van der Waals surface area contributed by atoms with Crippen molar-refractivity contribution in [2.24, 2.45) is 0 Å². The van der Waals surface area contributed by atoms with Gasteiger partial charge in [0.15, 0.2) is 11.5 Å². The standard InChI is InChI=1S/C21H24F2N2O4/c1-12-9-18(28-3)19(29-4)11-16(12)13(2)25-20(26)7-8-24-21(27)15-6-5-14(22)10-17(15)23/h5-6,9-11,13H,7-8H2,1-4H3,(H,24,27)(H,25,26). The van der Waals surface area contributed by atoms with Crippen LogP contribution in [0, 0.1) is 18.6 Å². The van der Waals surface area contributed by atoms with E-state index in [1.165, 1.54) is 7.11 Å². The molecule has 0 fully saturated rings. The summed E-state index contributed by atoms with van der Waals surface area (Å²) in [6.45, 7) is 3.75. The van der Waals surface area contributed by atoms with E-state index in [0.29, 0.717) is 17.6 Å². The largest absolute Gasteiger partial charge is 0.493 e. The van der Waals surface area contributed by atoms with Gasteiger partial charge < -0.3 is 20.1 Å². The number of carbonyl (C=O) groups excluding carboxylic acids is 2. The fraction of sp³-hybridized carbons (Fsp3) is 0.333. The van der Waals surface area contributed by atoms with E-state index >= 15 is 0 Å². The summed E-state index contributed by atoms with van der Waals surface area (Å²) >= 11 is 0. The van der Waals surface area contributed by atoms with Crippen molar-refractivity contribution in [1.29, 1.82) is 0 Å². The van der Waals surface area contributed by atoms with Crippen LogP contribution in [0.3, 0.4) is 0 Å². The molecule has 0 saturated heterocycles. The molecule has 1 atom stereocenters. The van der Waals surface area contributed by atoms with Gasteiger partial charge >= 0.3 is 0 Å². The lowest BCUT2D eigenvalue weighted by molar-refractivity contribution is -0.121. The molecule has 2 amide bonds. The first-order valence-corrected chi connectivity index (χ1v) is 9.02. The van der Waals surface area contributed by atoms with Crippen molar-refractivity contribution in [3.63, 3.8) is 0 Å². The highest BCUT2D eigenvalue weighted by Crippen LogP contribution is 2.32. The van der Waals surface area contributed by atoms with E-state index in [4.69, 9.17) is 9.47 Å². The number of hydrogen-bond donors (Lipinski definition) is 2. The van der Waals surface area contributed by atoms with E-state index < -0.39 is 17.5 Å². The lowest BCUT2D eigenvalue weighted by atomic mass is 10.0. The lowest BCUT2D eigenvalue weighted by Crippen LogP contribution is -2.32. The van der Waals surface area contributed by atoms with Crippen molar-refractivity contribution in [3.8, 4) is 11.5 Å². The average Bonchev–Trinajstić information content (AvgIpc) is 2.67. The van der Waals surface area contributed by atoms with Gasteiger partial charge in [0.2, 0.25) is 5.91 Å². The third-order valence-electron chi connectivity index (χ3n) is 4.43. The van der Waals surface area contributed by atoms with Crippen LogP contribution in [0.5, 0.6) is 11.5 Å². The Morgan fingerprint density at radius 1 is 1.07 bits per heavy atom. The van der Waals surface area contributed by atoms with Crippen molar-refractivity contribution in [2.75, 3.05) is 20.8 Å². The summed E-state index contributed by atoms with van der Waals surface area (Å²) in [6, 6.07) is 6.02. The van der Waals surface area contributed by atoms with E-state index in [9.17, 15) is 18.4 Å². The van der Waals surface area contributed by atoms with Crippen molar-refractivity contribution >= 4 is 11.8 Å². The molecule has 2 aromatic rings. The van der Waals surface area contributed by atoms with Gasteiger partial charge in [0.05, 0.1) is 25.8 Å². The molecule has 29 heavy (non-hydrogen) atoms. The number of halogens is 2. The molecule has 156 valence electrons. The van der Waals surface area contributed by atoms with Crippen molar-refractivity contribution in [3.05, 3.63) is 58.7 Å². The molecular formula is C21H24F2N2O4. The smallest absolute Gasteiger partial charge is 0.254 e. The third-order valence-corrected chi connectivity index (χ3v) is 4.43. The predicted molar refractivity (Wildman–Crippen MR) is 104 cm³/mol. The Kier molecular flexibility index (Phi) is 7.52. The zero-order valence-electron chi connectivity index (χ0n) is 16.8. The van der Waals surface area contributed by atoms with Gasteiger partial charge in [0.1, 0.15) is 11.6 Å². The fourth-order valence-electron chi connectivity index (χ4n) is 2.91. The van der Waals surface area contributed by atoms with Crippen LogP contribution in [0.2, 0.25) is 0 Å². The van der Waals surface area contributed by atoms with E-state index in [1.54, 1.807) is 13.2 Å². The molecule has 6 nitrogen and oxygen atoms in total. The lowest BCUT2D eigenvalue weighted by Gasteiger charge is -2.19. The highest BCUT2D eigenvalue weighted by molar-refractivity contribution is 5.94. The molecule has 8 heteroatoms. The molecule has 2 rings (SSSR count). The van der Waals surface area contributed by atoms with Crippen molar-refractivity contribution < 1.29 is 27.8 Å². The summed E-state index contributed by atoms with van der Waals surface area (Å²) in [4.78, 5) is 24.1. The summed E-state index contributed by atoms with van der Waals surface area (Å²) in [7, 11) is 3.08. The number of rotatable bonds is 8. The number of methoxy groups -OCH3 is 2. The Hall–Kier alpha value is -3.16. The Labute approximate surface area is 168 Å². The number of ether oxygens (including phenoxy) is 2. The van der Waals surface area contributed by atoms with E-state index in [2.05, 4.69) is 10.6 Å². The Morgan fingerprint density at radius 2 is 1.72 bits per heavy atom. The van der Waals surface area contributed by atoms with Gasteiger partial charge in [-0.1, -0.05) is 0 Å². The first-order chi connectivity index (χ1) is 13.8. The van der Waals surface area contributed by atoms with Crippen LogP contribution in [0.25, 0.3) is 0 Å². The second-order valence-corrected chi connectivity index (χ2v) is 6.48. The highest BCUT2D eigenvalue weighted by Gasteiger charge is 2.17. The molecule has 0 heterocycles. The number of hydrogen-bond acceptors (Lipinski definition) is 4. The first kappa shape index (κ1) is 22.1. The fourth-order valence-corrected chi connectivity index (χ4v) is 2.91. The van der Waals surface area contributed by atoms with Gasteiger partial charge in [-0.2, -0.15) is 0 Å². The summed E-state index contributed by atoms with van der Waals surface area (Å²) in [5, 5.41) is 5.30. The predicted octanol–water partition coefficient (Wildman–Crippen LogP) is 3.29. The van der Waals surface area contributed by atoms with Crippen molar-refractivity contribution in [2.45, 2.75) is 26.3 Å². The monoisotopic (exact) mass is 406 g/mol. The van der Waals surface area contributed by atoms with Crippen LogP contribution in [-0.4, -0.2) is 32.6 Å². The molecule has 0 aliphatic carbocycles. The quantitative estimate of drug-likeness (QED) is 0.705. The molecular weight excluding hydrogens is 382 g/mol. The molecule has 0 aliphatic rings. The molecule has 0 spiro atoms. The van der Waals surface area contributed by atoms with Crippen LogP contribution < -0.4 is 20.1 Å². The molecule has 1 unspecified atom stereocenters. The van der Waals surface area contributed by atoms with Gasteiger partial charge in [0, 0.05) is 19.0 Å². The maximum Gasteiger partial charge on any atom is 0.254 e. The van der Waals surface area contributed by atoms with Gasteiger partial charge in [0.25, 0.3) is 5.91 Å². The van der Waals surface area contributed by atoms with Gasteiger partial charge in [-0.15, -0.1) is 0 Å². The molecule has 2 aromatic carbocycles. The van der Waals surface area contributed by atoms with E-state index in [1.807, 2.05) is 19.9 Å². The molecule has 0 aromatic heterocycles. The van der Waals surface area contributed by atoms with Gasteiger partial charge in [-0.25, -0.2) is 8.78 Å². The average molecular weight is 406 g/mol. The number of nitrogens with one attached hydrogen (secondary N) is 2. The maximum atomic E-state index is 13.6. The van der Waals surface area contributed by atoms with Crippen LogP contribution in [0.4, 0.5) is 8.78 Å². The second-order valence-electron chi connectivity index (χ2n) is 6.48. The van der Waals surface area contributed by atoms with Crippen LogP contribution >= 0.6 is 0 Å². The molecule has 0 bridgehead atoms.